The van der Waals surface area contributed by atoms with Crippen LogP contribution in [0.1, 0.15) is 19.4 Å². The Hall–Kier alpha value is -2.61. The molecule has 1 aromatic heterocycles. The number of pyridine rings is 1. The van der Waals surface area contributed by atoms with E-state index in [4.69, 9.17) is 0 Å². The number of nitrogens with zero attached hydrogens (tertiary/aromatic N) is 3. The van der Waals surface area contributed by atoms with Crippen LogP contribution in [0.25, 0.3) is 0 Å². The second kappa shape index (κ2) is 9.36. The summed E-state index contributed by atoms with van der Waals surface area (Å²) in [7, 11) is -3.59. The average Bonchev–Trinajstić information content (AvgIpc) is 2.66. The highest BCUT2D eigenvalue weighted by molar-refractivity contribution is 7.92. The molecule has 0 fully saturated rings. The Labute approximate surface area is 161 Å². The van der Waals surface area contributed by atoms with Gasteiger partial charge in [0.2, 0.25) is 15.9 Å². The predicted octanol–water partition coefficient (Wildman–Crippen LogP) is 2.01. The first-order valence-corrected chi connectivity index (χ1v) is 10.7. The average molecular weight is 391 g/mol. The molecule has 2 rings (SSSR count). The standard InChI is InChI=1S/C19H26N4O3S/c1-4-22(5-2)17-6-8-18(9-7-17)23(27(3,25)26)15-19(24)21-14-16-10-12-20-13-11-16/h6-13H,4-5,14-15H2,1-3H3,(H,21,24). The number of hydrogen-bond donors (Lipinski definition) is 1. The number of amides is 1. The number of anilines is 2. The first-order chi connectivity index (χ1) is 12.8. The number of rotatable bonds is 9. The van der Waals surface area contributed by atoms with Crippen molar-refractivity contribution in [2.24, 2.45) is 0 Å². The van der Waals surface area contributed by atoms with Crippen molar-refractivity contribution in [2.45, 2.75) is 20.4 Å². The Morgan fingerprint density at radius 2 is 1.56 bits per heavy atom. The summed E-state index contributed by atoms with van der Waals surface area (Å²) in [5, 5.41) is 2.74. The quantitative estimate of drug-likeness (QED) is 0.708. The van der Waals surface area contributed by atoms with E-state index < -0.39 is 10.0 Å². The van der Waals surface area contributed by atoms with Crippen LogP contribution in [0, 0.1) is 0 Å². The number of aromatic nitrogens is 1. The monoisotopic (exact) mass is 390 g/mol. The van der Waals surface area contributed by atoms with Gasteiger partial charge in [0.15, 0.2) is 0 Å². The van der Waals surface area contributed by atoms with Crippen LogP contribution in [0.15, 0.2) is 48.8 Å². The molecule has 2 aromatic rings. The molecule has 1 heterocycles. The third-order valence-corrected chi connectivity index (χ3v) is 5.33. The van der Waals surface area contributed by atoms with Crippen LogP contribution in [-0.4, -0.2) is 45.2 Å². The molecule has 0 saturated heterocycles. The molecule has 8 heteroatoms. The van der Waals surface area contributed by atoms with E-state index in [9.17, 15) is 13.2 Å². The van der Waals surface area contributed by atoms with Gasteiger partial charge in [-0.1, -0.05) is 0 Å². The van der Waals surface area contributed by atoms with Gasteiger partial charge in [-0.25, -0.2) is 8.42 Å². The van der Waals surface area contributed by atoms with Gasteiger partial charge in [0.05, 0.1) is 11.9 Å². The summed E-state index contributed by atoms with van der Waals surface area (Å²) in [5.74, 6) is -0.370. The number of nitrogens with one attached hydrogen (secondary N) is 1. The Morgan fingerprint density at radius 1 is 1.00 bits per heavy atom. The maximum absolute atomic E-state index is 12.3. The number of benzene rings is 1. The molecular weight excluding hydrogens is 364 g/mol. The van der Waals surface area contributed by atoms with Crippen LogP contribution in [-0.2, 0) is 21.4 Å². The van der Waals surface area contributed by atoms with Crippen LogP contribution < -0.4 is 14.5 Å². The minimum atomic E-state index is -3.59. The molecule has 0 spiro atoms. The van der Waals surface area contributed by atoms with E-state index in [0.29, 0.717) is 12.2 Å². The Bertz CT molecular complexity index is 835. The summed E-state index contributed by atoms with van der Waals surface area (Å²) >= 11 is 0. The molecule has 146 valence electrons. The minimum absolute atomic E-state index is 0.269. The zero-order valence-corrected chi connectivity index (χ0v) is 16.7. The molecule has 0 aliphatic rings. The molecule has 1 N–H and O–H groups in total. The van der Waals surface area contributed by atoms with Crippen molar-refractivity contribution in [1.82, 2.24) is 10.3 Å². The number of sulfonamides is 1. The molecule has 7 nitrogen and oxygen atoms in total. The first-order valence-electron chi connectivity index (χ1n) is 8.83. The van der Waals surface area contributed by atoms with Crippen molar-refractivity contribution in [3.05, 3.63) is 54.4 Å². The predicted molar refractivity (Wildman–Crippen MR) is 108 cm³/mol. The highest BCUT2D eigenvalue weighted by atomic mass is 32.2. The first kappa shape index (κ1) is 20.7. The molecular formula is C19H26N4O3S. The zero-order chi connectivity index (χ0) is 19.9. The topological polar surface area (TPSA) is 82.6 Å². The van der Waals surface area contributed by atoms with Crippen molar-refractivity contribution in [3.8, 4) is 0 Å². The van der Waals surface area contributed by atoms with Gasteiger partial charge in [-0.2, -0.15) is 0 Å². The summed E-state index contributed by atoms with van der Waals surface area (Å²) in [6, 6.07) is 10.8. The second-order valence-corrected chi connectivity index (χ2v) is 8.00. The molecule has 1 amide bonds. The highest BCUT2D eigenvalue weighted by Gasteiger charge is 2.21. The van der Waals surface area contributed by atoms with E-state index in [1.165, 1.54) is 0 Å². The maximum Gasteiger partial charge on any atom is 0.241 e. The van der Waals surface area contributed by atoms with Crippen LogP contribution >= 0.6 is 0 Å². The van der Waals surface area contributed by atoms with Gasteiger partial charge in [0.25, 0.3) is 0 Å². The third kappa shape index (κ3) is 5.96. The lowest BCUT2D eigenvalue weighted by Crippen LogP contribution is -2.40. The highest BCUT2D eigenvalue weighted by Crippen LogP contribution is 2.22. The molecule has 0 aliphatic carbocycles. The summed E-state index contributed by atoms with van der Waals surface area (Å²) in [5.41, 5.74) is 2.37. The number of carbonyl (C=O) groups excluding carboxylic acids is 1. The zero-order valence-electron chi connectivity index (χ0n) is 15.9. The summed E-state index contributed by atoms with van der Waals surface area (Å²) in [6.45, 7) is 5.90. The van der Waals surface area contributed by atoms with E-state index in [1.54, 1.807) is 36.7 Å². The van der Waals surface area contributed by atoms with Gasteiger partial charge in [0.1, 0.15) is 6.54 Å². The van der Waals surface area contributed by atoms with Crippen LogP contribution in [0.2, 0.25) is 0 Å². The lowest BCUT2D eigenvalue weighted by atomic mass is 10.2. The molecule has 0 radical (unpaired) electrons. The van der Waals surface area contributed by atoms with Gasteiger partial charge >= 0.3 is 0 Å². The largest absolute Gasteiger partial charge is 0.372 e. The minimum Gasteiger partial charge on any atom is -0.372 e. The normalized spacial score (nSPS) is 11.1. The van der Waals surface area contributed by atoms with Gasteiger partial charge in [-0.05, 0) is 55.8 Å². The van der Waals surface area contributed by atoms with Crippen molar-refractivity contribution < 1.29 is 13.2 Å². The molecule has 0 atom stereocenters. The fraction of sp³-hybridized carbons (Fsp3) is 0.368. The van der Waals surface area contributed by atoms with Gasteiger partial charge in [-0.15, -0.1) is 0 Å². The van der Waals surface area contributed by atoms with Crippen LogP contribution in [0.4, 0.5) is 11.4 Å². The van der Waals surface area contributed by atoms with Crippen molar-refractivity contribution in [3.63, 3.8) is 0 Å². The SMILES string of the molecule is CCN(CC)c1ccc(N(CC(=O)NCc2ccncc2)S(C)(=O)=O)cc1. The molecule has 27 heavy (non-hydrogen) atoms. The second-order valence-electron chi connectivity index (χ2n) is 6.09. The van der Waals surface area contributed by atoms with E-state index in [2.05, 4.69) is 29.0 Å². The van der Waals surface area contributed by atoms with E-state index in [0.717, 1.165) is 34.9 Å². The summed E-state index contributed by atoms with van der Waals surface area (Å²) in [6.07, 6.45) is 4.38. The summed E-state index contributed by atoms with van der Waals surface area (Å²) in [4.78, 5) is 18.4. The van der Waals surface area contributed by atoms with Crippen molar-refractivity contribution in [2.75, 3.05) is 35.1 Å². The Balaban J connectivity index is 2.10. The lowest BCUT2D eigenvalue weighted by molar-refractivity contribution is -0.119. The molecule has 1 aromatic carbocycles. The molecule has 0 bridgehead atoms. The van der Waals surface area contributed by atoms with Crippen molar-refractivity contribution in [1.29, 1.82) is 0 Å². The van der Waals surface area contributed by atoms with Crippen LogP contribution in [0.3, 0.4) is 0 Å². The fourth-order valence-electron chi connectivity index (χ4n) is 2.71. The van der Waals surface area contributed by atoms with Crippen LogP contribution in [0.5, 0.6) is 0 Å². The summed E-state index contributed by atoms with van der Waals surface area (Å²) < 4.78 is 25.5. The molecule has 0 unspecified atom stereocenters. The third-order valence-electron chi connectivity index (χ3n) is 4.19. The smallest absolute Gasteiger partial charge is 0.241 e. The van der Waals surface area contributed by atoms with Gasteiger partial charge in [0, 0.05) is 37.7 Å². The van der Waals surface area contributed by atoms with Gasteiger partial charge < -0.3 is 10.2 Å². The lowest BCUT2D eigenvalue weighted by Gasteiger charge is -2.24. The number of hydrogen-bond acceptors (Lipinski definition) is 5. The van der Waals surface area contributed by atoms with E-state index in [1.807, 2.05) is 12.1 Å². The fourth-order valence-corrected chi connectivity index (χ4v) is 3.56. The van der Waals surface area contributed by atoms with E-state index >= 15 is 0 Å². The Morgan fingerprint density at radius 3 is 2.07 bits per heavy atom. The molecule has 0 aliphatic heterocycles. The Kier molecular flexibility index (Phi) is 7.18. The van der Waals surface area contributed by atoms with Crippen molar-refractivity contribution >= 4 is 27.3 Å². The van der Waals surface area contributed by atoms with E-state index in [-0.39, 0.29) is 12.5 Å². The molecule has 0 saturated carbocycles. The van der Waals surface area contributed by atoms with Gasteiger partial charge in [-0.3, -0.25) is 14.1 Å². The number of carbonyl (C=O) groups is 1. The maximum atomic E-state index is 12.3.